The highest BCUT2D eigenvalue weighted by molar-refractivity contribution is 4.93. The third-order valence-corrected chi connectivity index (χ3v) is 4.85. The van der Waals surface area contributed by atoms with Gasteiger partial charge in [0.25, 0.3) is 0 Å². The first kappa shape index (κ1) is 15.3. The van der Waals surface area contributed by atoms with E-state index in [2.05, 4.69) is 13.8 Å². The summed E-state index contributed by atoms with van der Waals surface area (Å²) in [6, 6.07) is 0. The van der Waals surface area contributed by atoms with Gasteiger partial charge in [-0.1, -0.05) is 26.7 Å². The summed E-state index contributed by atoms with van der Waals surface area (Å²) in [5, 5.41) is 9.44. The summed E-state index contributed by atoms with van der Waals surface area (Å²) in [6.07, 6.45) is 7.99. The first-order valence-corrected chi connectivity index (χ1v) is 8.19. The third kappa shape index (κ3) is 4.17. The summed E-state index contributed by atoms with van der Waals surface area (Å²) < 4.78 is 10.7. The molecule has 1 saturated carbocycles. The first-order chi connectivity index (χ1) is 9.30. The molecule has 4 atom stereocenters. The standard InChI is InChI=1S/C16H30O3/c1-3-5-6-12(4-2)10-19-16-14(13-7-8-13)11-18-15(16)9-17/h12-17H,3-11H2,1-2H3/p+1/t12?,14?,15-,16?/m0/s1. The molecule has 2 rings (SSSR count). The molecule has 1 saturated heterocycles. The summed E-state index contributed by atoms with van der Waals surface area (Å²) >= 11 is 0. The first-order valence-electron chi connectivity index (χ1n) is 8.19. The molecule has 2 N–H and O–H groups in total. The van der Waals surface area contributed by atoms with Crippen molar-refractivity contribution in [1.29, 1.82) is 0 Å². The van der Waals surface area contributed by atoms with Gasteiger partial charge in [-0.15, -0.1) is 0 Å². The molecular weight excluding hydrogens is 240 g/mol. The summed E-state index contributed by atoms with van der Waals surface area (Å²) in [4.78, 5) is 0. The predicted molar refractivity (Wildman–Crippen MR) is 77.2 cm³/mol. The van der Waals surface area contributed by atoms with Crippen molar-refractivity contribution in [2.45, 2.75) is 64.6 Å². The summed E-state index contributed by atoms with van der Waals surface area (Å²) in [7, 11) is 0. The quantitative estimate of drug-likeness (QED) is 0.655. The molecule has 1 aliphatic heterocycles. The Balaban J connectivity index is 1.80. The molecule has 0 aromatic heterocycles. The molecule has 3 nitrogen and oxygen atoms in total. The topological polar surface area (TPSA) is 42.3 Å². The van der Waals surface area contributed by atoms with Crippen LogP contribution in [0, 0.1) is 17.8 Å². The van der Waals surface area contributed by atoms with Crippen LogP contribution in [0.25, 0.3) is 0 Å². The molecule has 3 heteroatoms. The second-order valence-electron chi connectivity index (χ2n) is 6.33. The Morgan fingerprint density at radius 3 is 2.68 bits per heavy atom. The molecule has 0 aromatic carbocycles. The lowest BCUT2D eigenvalue weighted by Crippen LogP contribution is -2.37. The minimum absolute atomic E-state index is 0.0331. The number of aliphatic hydroxyl groups excluding tert-OH is 1. The van der Waals surface area contributed by atoms with Gasteiger partial charge in [-0.25, -0.2) is 0 Å². The van der Waals surface area contributed by atoms with E-state index >= 15 is 0 Å². The summed E-state index contributed by atoms with van der Waals surface area (Å²) in [5.41, 5.74) is 0. The van der Waals surface area contributed by atoms with Crippen LogP contribution in [0.2, 0.25) is 0 Å². The molecule has 19 heavy (non-hydrogen) atoms. The zero-order valence-electron chi connectivity index (χ0n) is 12.6. The van der Waals surface area contributed by atoms with Crippen LogP contribution in [-0.2, 0) is 4.74 Å². The average molecular weight is 271 g/mol. The maximum atomic E-state index is 9.44. The van der Waals surface area contributed by atoms with Crippen LogP contribution in [0.4, 0.5) is 0 Å². The van der Waals surface area contributed by atoms with Gasteiger partial charge in [-0.3, -0.25) is 0 Å². The van der Waals surface area contributed by atoms with Crippen molar-refractivity contribution in [1.82, 2.24) is 0 Å². The molecule has 112 valence electrons. The van der Waals surface area contributed by atoms with Crippen LogP contribution < -0.4 is 0 Å². The van der Waals surface area contributed by atoms with Crippen molar-refractivity contribution in [3.05, 3.63) is 0 Å². The molecule has 0 spiro atoms. The fraction of sp³-hybridized carbons (Fsp3) is 1.00. The van der Waals surface area contributed by atoms with Gasteiger partial charge in [0, 0.05) is 5.92 Å². The Hall–Kier alpha value is -0.120. The van der Waals surface area contributed by atoms with E-state index in [0.717, 1.165) is 25.0 Å². The van der Waals surface area contributed by atoms with Crippen molar-refractivity contribution in [3.8, 4) is 0 Å². The Morgan fingerprint density at radius 1 is 1.32 bits per heavy atom. The largest absolute Gasteiger partial charge is 0.429 e. The Bertz CT molecular complexity index is 252. The van der Waals surface area contributed by atoms with E-state index in [0.29, 0.717) is 5.92 Å². The van der Waals surface area contributed by atoms with Crippen LogP contribution in [0.1, 0.15) is 52.4 Å². The number of hydrogen-bond acceptors (Lipinski definition) is 2. The second kappa shape index (κ2) is 7.61. The summed E-state index contributed by atoms with van der Waals surface area (Å²) in [5.74, 6) is 2.13. The van der Waals surface area contributed by atoms with Gasteiger partial charge in [0.05, 0.1) is 19.1 Å². The van der Waals surface area contributed by atoms with E-state index in [4.69, 9.17) is 9.47 Å². The minimum atomic E-state index is -0.0331. The van der Waals surface area contributed by atoms with Crippen molar-refractivity contribution in [3.63, 3.8) is 0 Å². The van der Waals surface area contributed by atoms with Gasteiger partial charge in [0.2, 0.25) is 0 Å². The average Bonchev–Trinajstić information content (AvgIpc) is 3.20. The zero-order chi connectivity index (χ0) is 13.7. The van der Waals surface area contributed by atoms with Crippen LogP contribution in [-0.4, -0.2) is 41.9 Å². The van der Waals surface area contributed by atoms with E-state index in [1.165, 1.54) is 38.5 Å². The van der Waals surface area contributed by atoms with Crippen molar-refractivity contribution in [2.24, 2.45) is 17.8 Å². The van der Waals surface area contributed by atoms with Crippen molar-refractivity contribution < 1.29 is 14.6 Å². The normalized spacial score (nSPS) is 32.7. The van der Waals surface area contributed by atoms with E-state index in [1.807, 2.05) is 0 Å². The molecule has 0 radical (unpaired) electrons. The number of unbranched alkanes of at least 4 members (excludes halogenated alkanes) is 1. The maximum Gasteiger partial charge on any atom is 0.189 e. The number of ether oxygens (including phenoxy) is 2. The van der Waals surface area contributed by atoms with Crippen LogP contribution in [0.3, 0.4) is 0 Å². The van der Waals surface area contributed by atoms with Gasteiger partial charge >= 0.3 is 0 Å². The van der Waals surface area contributed by atoms with Crippen molar-refractivity contribution >= 4 is 0 Å². The third-order valence-electron chi connectivity index (χ3n) is 4.85. The summed E-state index contributed by atoms with van der Waals surface area (Å²) in [6.45, 7) is 6.42. The Morgan fingerprint density at radius 2 is 2.11 bits per heavy atom. The monoisotopic (exact) mass is 271 g/mol. The van der Waals surface area contributed by atoms with Gasteiger partial charge in [0.1, 0.15) is 6.61 Å². The zero-order valence-corrected chi connectivity index (χ0v) is 12.6. The lowest BCUT2D eigenvalue weighted by Gasteiger charge is -2.21. The molecule has 0 bridgehead atoms. The molecule has 1 aliphatic carbocycles. The van der Waals surface area contributed by atoms with Crippen LogP contribution in [0.15, 0.2) is 0 Å². The SMILES string of the molecule is CCCCC(CC)C[OH+]C1C(C2CC2)CO[C@H]1CO. The van der Waals surface area contributed by atoms with Gasteiger partial charge in [-0.05, 0) is 31.6 Å². The molecule has 0 amide bonds. The van der Waals surface area contributed by atoms with E-state index in [-0.39, 0.29) is 18.8 Å². The molecular formula is C16H31O3+. The number of aliphatic hydroxyl groups is 3. The predicted octanol–water partition coefficient (Wildman–Crippen LogP) is 2.52. The Kier molecular flexibility index (Phi) is 6.11. The number of rotatable bonds is 9. The van der Waals surface area contributed by atoms with E-state index < -0.39 is 0 Å². The molecule has 0 aromatic rings. The van der Waals surface area contributed by atoms with Crippen LogP contribution >= 0.6 is 0 Å². The lowest BCUT2D eigenvalue weighted by atomic mass is 9.96. The Labute approximate surface area is 117 Å². The number of hydrogen-bond donors (Lipinski definition) is 1. The second-order valence-corrected chi connectivity index (χ2v) is 6.33. The molecule has 1 heterocycles. The van der Waals surface area contributed by atoms with Gasteiger partial charge in [0.15, 0.2) is 12.2 Å². The fourth-order valence-corrected chi connectivity index (χ4v) is 3.25. The smallest absolute Gasteiger partial charge is 0.189 e. The van der Waals surface area contributed by atoms with E-state index in [1.54, 1.807) is 0 Å². The van der Waals surface area contributed by atoms with Gasteiger partial charge in [-0.2, -0.15) is 0 Å². The fourth-order valence-electron chi connectivity index (χ4n) is 3.25. The lowest BCUT2D eigenvalue weighted by molar-refractivity contribution is -0.164. The minimum Gasteiger partial charge on any atom is -0.429 e. The maximum absolute atomic E-state index is 9.44. The highest BCUT2D eigenvalue weighted by Gasteiger charge is 2.49. The van der Waals surface area contributed by atoms with E-state index in [9.17, 15) is 5.11 Å². The molecule has 2 aliphatic rings. The molecule has 2 fully saturated rings. The van der Waals surface area contributed by atoms with Gasteiger partial charge < -0.3 is 14.6 Å². The molecule has 3 unspecified atom stereocenters. The van der Waals surface area contributed by atoms with Crippen LogP contribution in [0.5, 0.6) is 0 Å². The van der Waals surface area contributed by atoms with Crippen molar-refractivity contribution in [2.75, 3.05) is 19.8 Å². The highest BCUT2D eigenvalue weighted by atomic mass is 16.6. The highest BCUT2D eigenvalue weighted by Crippen LogP contribution is 2.43.